The maximum absolute atomic E-state index is 16.2. The smallest absolute Gasteiger partial charge is 0.331 e. The van der Waals surface area contributed by atoms with Gasteiger partial charge in [0.1, 0.15) is 40.5 Å². The number of carbonyl (C=O) groups excluding carboxylic acids is 3. The molecule has 0 radical (unpaired) electrons. The van der Waals surface area contributed by atoms with Gasteiger partial charge in [-0.3, -0.25) is 19.8 Å². The summed E-state index contributed by atoms with van der Waals surface area (Å²) in [6.07, 6.45) is -0.728. The first-order valence-electron chi connectivity index (χ1n) is 13.6. The van der Waals surface area contributed by atoms with E-state index < -0.39 is 70.4 Å². The number of carbonyl (C=O) groups is 3. The second-order valence-corrected chi connectivity index (χ2v) is 13.2. The Morgan fingerprint density at radius 3 is 2.38 bits per heavy atom. The van der Waals surface area contributed by atoms with Gasteiger partial charge in [0, 0.05) is 55.4 Å². The molecule has 0 spiro atoms. The molecule has 1 aromatic rings. The van der Waals surface area contributed by atoms with Gasteiger partial charge in [-0.2, -0.15) is 0 Å². The summed E-state index contributed by atoms with van der Waals surface area (Å²) in [5.74, 6) is -3.70. The van der Waals surface area contributed by atoms with Crippen LogP contribution in [0.3, 0.4) is 0 Å². The highest BCUT2D eigenvalue weighted by atomic mass is 32.2. The highest BCUT2D eigenvalue weighted by molar-refractivity contribution is 7.90. The van der Waals surface area contributed by atoms with E-state index in [1.807, 2.05) is 0 Å². The summed E-state index contributed by atoms with van der Waals surface area (Å²) < 4.78 is 62.9. The third kappa shape index (κ3) is 7.30. The van der Waals surface area contributed by atoms with Gasteiger partial charge in [-0.25, -0.2) is 13.6 Å². The fraction of sp³-hybridized carbons (Fsp3) is 0.667. The predicted octanol–water partition coefficient (Wildman–Crippen LogP) is 3.08. The number of benzene rings is 1. The number of nitrogens with zero attached hydrogens (tertiary/aromatic N) is 1. The number of hydrogen-bond acceptors (Lipinski definition) is 8. The molecule has 1 aromatic carbocycles. The van der Waals surface area contributed by atoms with E-state index in [9.17, 15) is 18.9 Å². The number of hydrogen-bond donors (Lipinski definition) is 2. The highest BCUT2D eigenvalue weighted by Gasteiger charge is 2.46. The summed E-state index contributed by atoms with van der Waals surface area (Å²) in [4.78, 5) is 39.5. The molecule has 0 saturated carbocycles. The molecule has 3 fully saturated rings. The lowest BCUT2D eigenvalue weighted by molar-refractivity contribution is -0.146. The summed E-state index contributed by atoms with van der Waals surface area (Å²) in [5.41, 5.74) is -0.143. The lowest BCUT2D eigenvalue weighted by atomic mass is 9.90. The van der Waals surface area contributed by atoms with E-state index in [1.54, 1.807) is 20.8 Å². The van der Waals surface area contributed by atoms with E-state index in [1.165, 1.54) is 12.1 Å². The number of halogens is 2. The summed E-state index contributed by atoms with van der Waals surface area (Å²) >= 11 is -1.83. The Bertz CT molecular complexity index is 1080. The molecule has 0 aliphatic carbocycles. The van der Waals surface area contributed by atoms with Crippen molar-refractivity contribution in [2.75, 3.05) is 26.4 Å². The maximum Gasteiger partial charge on any atom is 0.331 e. The van der Waals surface area contributed by atoms with Crippen LogP contribution < -0.4 is 14.8 Å². The molecular formula is C27H37F2N3O7S. The first kappa shape index (κ1) is 30.6. The largest absolute Gasteiger partial charge is 0.598 e. The number of rotatable bonds is 9. The molecule has 3 heterocycles. The van der Waals surface area contributed by atoms with Gasteiger partial charge < -0.3 is 18.8 Å². The molecule has 2 N–H and O–H groups in total. The number of alkyl halides is 1. The van der Waals surface area contributed by atoms with Crippen LogP contribution in [-0.4, -0.2) is 76.8 Å². The summed E-state index contributed by atoms with van der Waals surface area (Å²) in [6, 6.07) is 1.14. The number of nitrogens with one attached hydrogen (secondary N) is 2. The molecular weight excluding hydrogens is 548 g/mol. The second kappa shape index (κ2) is 13.1. The molecule has 222 valence electrons. The zero-order chi connectivity index (χ0) is 29.0. The minimum absolute atomic E-state index is 0.143. The Morgan fingerprint density at radius 2 is 1.75 bits per heavy atom. The molecule has 4 atom stereocenters. The van der Waals surface area contributed by atoms with E-state index in [2.05, 4.69) is 10.0 Å². The van der Waals surface area contributed by atoms with Gasteiger partial charge in [0.15, 0.2) is 0 Å². The number of ether oxygens (including phenoxy) is 3. The van der Waals surface area contributed by atoms with Crippen LogP contribution in [0, 0.1) is 11.7 Å². The normalized spacial score (nSPS) is 24.0. The minimum atomic E-state index is -2.02. The topological polar surface area (TPSA) is 129 Å². The fourth-order valence-electron chi connectivity index (χ4n) is 4.94. The lowest BCUT2D eigenvalue weighted by Gasteiger charge is -2.38. The van der Waals surface area contributed by atoms with Crippen molar-refractivity contribution < 1.29 is 41.9 Å². The average Bonchev–Trinajstić information content (AvgIpc) is 2.91. The molecule has 0 aromatic heterocycles. The van der Waals surface area contributed by atoms with Crippen LogP contribution in [0.25, 0.3) is 0 Å². The van der Waals surface area contributed by atoms with Crippen molar-refractivity contribution >= 4 is 29.2 Å². The van der Waals surface area contributed by atoms with Crippen molar-refractivity contribution in [2.24, 2.45) is 5.92 Å². The summed E-state index contributed by atoms with van der Waals surface area (Å²) in [6.45, 7) is 6.80. The van der Waals surface area contributed by atoms with E-state index in [0.717, 1.165) is 11.0 Å². The number of imide groups is 2. The first-order chi connectivity index (χ1) is 19.0. The molecule has 4 rings (SSSR count). The third-order valence-electron chi connectivity index (χ3n) is 7.24. The average molecular weight is 586 g/mol. The summed E-state index contributed by atoms with van der Waals surface area (Å²) in [7, 11) is 0. The Kier molecular flexibility index (Phi) is 10.0. The SMILES string of the molecule is CC(C)(C)[S@@+]([O-])N[C@@H](c1cc(OC2CCOCC2)ccc1F)[C@@H](F)CC1C(=O)NC(=O)N(C2CCOCC2)C1=O. The van der Waals surface area contributed by atoms with Crippen LogP contribution in [0.1, 0.15) is 64.5 Å². The van der Waals surface area contributed by atoms with E-state index >= 15 is 8.78 Å². The van der Waals surface area contributed by atoms with Gasteiger partial charge in [0.05, 0.1) is 13.2 Å². The van der Waals surface area contributed by atoms with Gasteiger partial charge in [-0.15, -0.1) is 4.72 Å². The minimum Gasteiger partial charge on any atom is -0.598 e. The highest BCUT2D eigenvalue weighted by Crippen LogP contribution is 2.34. The monoisotopic (exact) mass is 585 g/mol. The second-order valence-electron chi connectivity index (χ2n) is 11.2. The molecule has 1 unspecified atom stereocenters. The Balaban J connectivity index is 1.59. The number of urea groups is 1. The fourth-order valence-corrected chi connectivity index (χ4v) is 5.79. The maximum atomic E-state index is 16.2. The van der Waals surface area contributed by atoms with Crippen LogP contribution in [0.4, 0.5) is 13.6 Å². The van der Waals surface area contributed by atoms with Crippen molar-refractivity contribution in [3.8, 4) is 5.75 Å². The number of amides is 4. The van der Waals surface area contributed by atoms with Crippen LogP contribution in [0.15, 0.2) is 18.2 Å². The zero-order valence-corrected chi connectivity index (χ0v) is 23.8. The molecule has 3 aliphatic rings. The first-order valence-corrected chi connectivity index (χ1v) is 14.7. The standard InChI is InChI=1S/C27H37F2N3O7S/c1-27(2,3)40(36)31-23(19-14-18(4-5-21(19)28)39-17-8-12-38-13-9-17)22(29)15-20-24(33)30-26(35)32(25(20)34)16-6-10-37-11-7-16/h4-5,14,16-17,20,22-23,31H,6-13,15H2,1-3H3,(H,30,33,35)/t20?,22-,23-,40+/m0/s1. The van der Waals surface area contributed by atoms with Crippen LogP contribution in [-0.2, 0) is 30.4 Å². The third-order valence-corrected chi connectivity index (χ3v) is 8.82. The molecule has 10 nitrogen and oxygen atoms in total. The molecule has 0 bridgehead atoms. The van der Waals surface area contributed by atoms with Crippen molar-refractivity contribution in [3.63, 3.8) is 0 Å². The molecule has 40 heavy (non-hydrogen) atoms. The van der Waals surface area contributed by atoms with Gasteiger partial charge >= 0.3 is 6.03 Å². The Hall–Kier alpha value is -2.32. The van der Waals surface area contributed by atoms with Crippen LogP contribution in [0.2, 0.25) is 0 Å². The van der Waals surface area contributed by atoms with Crippen LogP contribution >= 0.6 is 0 Å². The molecule has 4 amide bonds. The van der Waals surface area contributed by atoms with Crippen molar-refractivity contribution in [2.45, 2.75) is 82.0 Å². The van der Waals surface area contributed by atoms with Crippen LogP contribution in [0.5, 0.6) is 5.75 Å². The quantitative estimate of drug-likeness (QED) is 0.334. The van der Waals surface area contributed by atoms with Crippen molar-refractivity contribution in [1.82, 2.24) is 14.9 Å². The van der Waals surface area contributed by atoms with E-state index in [4.69, 9.17) is 14.2 Å². The number of barbiturate groups is 1. The molecule has 3 saturated heterocycles. The lowest BCUT2D eigenvalue weighted by Crippen LogP contribution is -2.62. The summed E-state index contributed by atoms with van der Waals surface area (Å²) in [5, 5.41) is 2.16. The van der Waals surface area contributed by atoms with Gasteiger partial charge in [-0.05, 0) is 51.8 Å². The Labute approximate surface area is 235 Å². The van der Waals surface area contributed by atoms with Crippen molar-refractivity contribution in [3.05, 3.63) is 29.6 Å². The Morgan fingerprint density at radius 1 is 1.12 bits per heavy atom. The van der Waals surface area contributed by atoms with Gasteiger partial charge in [0.25, 0.3) is 0 Å². The predicted molar refractivity (Wildman–Crippen MR) is 142 cm³/mol. The molecule has 13 heteroatoms. The van der Waals surface area contributed by atoms with Gasteiger partial charge in [0.2, 0.25) is 11.8 Å². The molecule has 3 aliphatic heterocycles. The van der Waals surface area contributed by atoms with E-state index in [-0.39, 0.29) is 11.7 Å². The van der Waals surface area contributed by atoms with E-state index in [0.29, 0.717) is 57.9 Å². The van der Waals surface area contributed by atoms with Crippen molar-refractivity contribution in [1.29, 1.82) is 0 Å². The van der Waals surface area contributed by atoms with Gasteiger partial charge in [-0.1, -0.05) is 0 Å². The zero-order valence-electron chi connectivity index (χ0n) is 23.0.